The quantitative estimate of drug-likeness (QED) is 0.286. The van der Waals surface area contributed by atoms with Gasteiger partial charge in [0.1, 0.15) is 10.7 Å². The Morgan fingerprint density at radius 1 is 1.00 bits per heavy atom. The van der Waals surface area contributed by atoms with Gasteiger partial charge in [0.15, 0.2) is 6.61 Å². The van der Waals surface area contributed by atoms with Crippen molar-refractivity contribution in [3.8, 4) is 10.6 Å². The second kappa shape index (κ2) is 10.8. The second-order valence-corrected chi connectivity index (χ2v) is 8.87. The van der Waals surface area contributed by atoms with E-state index in [4.69, 9.17) is 4.74 Å². The number of anilines is 1. The first-order valence-electron chi connectivity index (χ1n) is 10.9. The number of rotatable bonds is 7. The first-order valence-corrected chi connectivity index (χ1v) is 11.7. The third kappa shape index (κ3) is 6.39. The zero-order chi connectivity index (χ0) is 24.8. The van der Waals surface area contributed by atoms with Crippen LogP contribution in [-0.4, -0.2) is 29.4 Å². The molecule has 7 nitrogen and oxygen atoms in total. The monoisotopic (exact) mass is 485 g/mol. The maximum Gasteiger partial charge on any atom is 0.355 e. The van der Waals surface area contributed by atoms with Gasteiger partial charge in [-0.15, -0.1) is 11.3 Å². The first kappa shape index (κ1) is 23.8. The average molecular weight is 486 g/mol. The molecule has 0 fully saturated rings. The number of thiazole rings is 1. The number of ether oxygens (including phenoxy) is 1. The number of fused-ring (bicyclic) bond motifs is 1. The molecule has 2 N–H and O–H groups in total. The van der Waals surface area contributed by atoms with E-state index in [-0.39, 0.29) is 5.70 Å². The molecule has 0 saturated heterocycles. The Balaban J connectivity index is 1.36. The fourth-order valence-corrected chi connectivity index (χ4v) is 4.38. The molecule has 1 aromatic heterocycles. The molecule has 0 spiro atoms. The molecular weight excluding hydrogens is 462 g/mol. The number of nitrogens with one attached hydrogen (secondary N) is 2. The molecule has 3 aromatic carbocycles. The lowest BCUT2D eigenvalue weighted by Gasteiger charge is -2.10. The number of esters is 1. The van der Waals surface area contributed by atoms with Gasteiger partial charge in [-0.25, -0.2) is 9.78 Å². The molecule has 0 atom stereocenters. The Morgan fingerprint density at radius 2 is 1.74 bits per heavy atom. The minimum atomic E-state index is -0.805. The summed E-state index contributed by atoms with van der Waals surface area (Å²) >= 11 is 1.61. The van der Waals surface area contributed by atoms with E-state index in [1.54, 1.807) is 47.7 Å². The van der Waals surface area contributed by atoms with Gasteiger partial charge < -0.3 is 15.4 Å². The van der Waals surface area contributed by atoms with Crippen molar-refractivity contribution < 1.29 is 19.1 Å². The number of aryl methyl sites for hydroxylation is 1. The zero-order valence-corrected chi connectivity index (χ0v) is 20.0. The number of hydrogen-bond donors (Lipinski definition) is 2. The van der Waals surface area contributed by atoms with Gasteiger partial charge in [-0.05, 0) is 60.5 Å². The molecule has 0 bridgehead atoms. The molecule has 176 valence electrons. The number of nitrogens with zero attached hydrogens (tertiary/aromatic N) is 1. The van der Waals surface area contributed by atoms with Crippen molar-refractivity contribution in [1.82, 2.24) is 10.3 Å². The molecule has 0 aliphatic heterocycles. The van der Waals surface area contributed by atoms with Crippen LogP contribution < -0.4 is 10.6 Å². The van der Waals surface area contributed by atoms with Crippen LogP contribution in [-0.2, 0) is 19.1 Å². The molecule has 4 aromatic rings. The van der Waals surface area contributed by atoms with E-state index in [0.717, 1.165) is 20.8 Å². The Hall–Kier alpha value is -4.30. The summed E-state index contributed by atoms with van der Waals surface area (Å²) < 4.78 is 6.23. The third-order valence-corrected chi connectivity index (χ3v) is 6.00. The number of aromatic nitrogens is 1. The van der Waals surface area contributed by atoms with Crippen molar-refractivity contribution in [2.75, 3.05) is 11.9 Å². The maximum atomic E-state index is 12.4. The van der Waals surface area contributed by atoms with Crippen LogP contribution in [0.3, 0.4) is 0 Å². The number of amides is 2. The summed E-state index contributed by atoms with van der Waals surface area (Å²) in [6.07, 6.45) is 1.49. The fraction of sp³-hybridized carbons (Fsp3) is 0.111. The van der Waals surface area contributed by atoms with E-state index < -0.39 is 24.4 Å². The molecule has 0 radical (unpaired) electrons. The van der Waals surface area contributed by atoms with Crippen molar-refractivity contribution in [3.63, 3.8) is 0 Å². The predicted molar refractivity (Wildman–Crippen MR) is 138 cm³/mol. The molecule has 8 heteroatoms. The summed E-state index contributed by atoms with van der Waals surface area (Å²) in [5.74, 6) is -1.72. The van der Waals surface area contributed by atoms with E-state index in [1.165, 1.54) is 18.6 Å². The summed E-state index contributed by atoms with van der Waals surface area (Å²) in [5, 5.41) is 6.04. The predicted octanol–water partition coefficient (Wildman–Crippen LogP) is 4.93. The van der Waals surface area contributed by atoms with Crippen LogP contribution in [0.2, 0.25) is 0 Å². The van der Waals surface area contributed by atoms with Crippen molar-refractivity contribution >= 4 is 51.1 Å². The highest BCUT2D eigenvalue weighted by Gasteiger charge is 2.15. The van der Waals surface area contributed by atoms with Crippen LogP contribution in [0.15, 0.2) is 78.5 Å². The number of benzene rings is 3. The average Bonchev–Trinajstić information content (AvgIpc) is 3.26. The van der Waals surface area contributed by atoms with Crippen molar-refractivity contribution in [1.29, 1.82) is 0 Å². The molecule has 0 saturated carbocycles. The van der Waals surface area contributed by atoms with Crippen LogP contribution in [0.1, 0.15) is 18.1 Å². The van der Waals surface area contributed by atoms with Gasteiger partial charge in [0.25, 0.3) is 5.91 Å². The van der Waals surface area contributed by atoms with E-state index in [0.29, 0.717) is 11.3 Å². The molecular formula is C27H23N3O4S. The summed E-state index contributed by atoms with van der Waals surface area (Å²) in [5.41, 5.74) is 4.31. The van der Waals surface area contributed by atoms with E-state index in [1.807, 2.05) is 37.3 Å². The second-order valence-electron chi connectivity index (χ2n) is 7.84. The molecule has 2 amide bonds. The van der Waals surface area contributed by atoms with Gasteiger partial charge in [-0.2, -0.15) is 0 Å². The van der Waals surface area contributed by atoms with Crippen molar-refractivity contribution in [2.24, 2.45) is 0 Å². The van der Waals surface area contributed by atoms with Crippen LogP contribution >= 0.6 is 11.3 Å². The largest absolute Gasteiger partial charge is 0.451 e. The summed E-state index contributed by atoms with van der Waals surface area (Å²) in [4.78, 5) is 40.9. The topological polar surface area (TPSA) is 97.4 Å². The third-order valence-electron chi connectivity index (χ3n) is 4.94. The standard InChI is InChI=1S/C27H23N3O4S/c1-17-8-13-22-24(14-17)35-26(30-22)20-9-11-21(12-10-20)29-25(32)16-34-27(33)23(28-18(2)31)15-19-6-4-3-5-7-19/h3-15H,16H2,1-2H3,(H,28,31)(H,29,32)/b23-15-. The molecule has 0 aliphatic rings. The summed E-state index contributed by atoms with van der Waals surface area (Å²) in [6, 6.07) is 22.5. The van der Waals surface area contributed by atoms with E-state index in [9.17, 15) is 14.4 Å². The van der Waals surface area contributed by atoms with Crippen molar-refractivity contribution in [3.05, 3.63) is 89.6 Å². The lowest BCUT2D eigenvalue weighted by Crippen LogP contribution is -2.28. The molecule has 35 heavy (non-hydrogen) atoms. The summed E-state index contributed by atoms with van der Waals surface area (Å²) in [7, 11) is 0. The fourth-order valence-electron chi connectivity index (χ4n) is 3.31. The van der Waals surface area contributed by atoms with Crippen LogP contribution in [0.25, 0.3) is 26.9 Å². The van der Waals surface area contributed by atoms with Gasteiger partial charge in [-0.3, -0.25) is 9.59 Å². The van der Waals surface area contributed by atoms with Gasteiger partial charge in [0, 0.05) is 18.2 Å². The molecule has 1 heterocycles. The van der Waals surface area contributed by atoms with Gasteiger partial charge in [-0.1, -0.05) is 36.4 Å². The highest BCUT2D eigenvalue weighted by molar-refractivity contribution is 7.21. The lowest BCUT2D eigenvalue weighted by atomic mass is 10.2. The minimum absolute atomic E-state index is 0.0492. The highest BCUT2D eigenvalue weighted by Crippen LogP contribution is 2.31. The van der Waals surface area contributed by atoms with Crippen LogP contribution in [0.4, 0.5) is 5.69 Å². The van der Waals surface area contributed by atoms with Crippen molar-refractivity contribution in [2.45, 2.75) is 13.8 Å². The number of carbonyl (C=O) groups excluding carboxylic acids is 3. The van der Waals surface area contributed by atoms with Crippen LogP contribution in [0, 0.1) is 6.92 Å². The maximum absolute atomic E-state index is 12.4. The number of carbonyl (C=O) groups is 3. The Bertz CT molecular complexity index is 1410. The van der Waals surface area contributed by atoms with Crippen LogP contribution in [0.5, 0.6) is 0 Å². The normalized spacial score (nSPS) is 11.2. The number of hydrogen-bond acceptors (Lipinski definition) is 6. The molecule has 4 rings (SSSR count). The Morgan fingerprint density at radius 3 is 2.46 bits per heavy atom. The smallest absolute Gasteiger partial charge is 0.355 e. The molecule has 0 unspecified atom stereocenters. The SMILES string of the molecule is CC(=O)N/C(=C\c1ccccc1)C(=O)OCC(=O)Nc1ccc(-c2nc3ccc(C)cc3s2)cc1. The Labute approximate surface area is 206 Å². The van der Waals surface area contributed by atoms with E-state index >= 15 is 0 Å². The minimum Gasteiger partial charge on any atom is -0.451 e. The Kier molecular flexibility index (Phi) is 7.32. The summed E-state index contributed by atoms with van der Waals surface area (Å²) in [6.45, 7) is 2.84. The first-order chi connectivity index (χ1) is 16.9. The highest BCUT2D eigenvalue weighted by atomic mass is 32.1. The lowest BCUT2D eigenvalue weighted by molar-refractivity contribution is -0.144. The zero-order valence-electron chi connectivity index (χ0n) is 19.2. The van der Waals surface area contributed by atoms with Gasteiger partial charge in [0.2, 0.25) is 5.91 Å². The van der Waals surface area contributed by atoms with E-state index in [2.05, 4.69) is 21.7 Å². The van der Waals surface area contributed by atoms with Gasteiger partial charge in [0.05, 0.1) is 10.2 Å². The van der Waals surface area contributed by atoms with Gasteiger partial charge >= 0.3 is 5.97 Å². The molecule has 0 aliphatic carbocycles.